The summed E-state index contributed by atoms with van der Waals surface area (Å²) in [6.45, 7) is 1.94. The molecule has 5 heteroatoms. The number of carbonyl (C=O) groups is 1. The van der Waals surface area contributed by atoms with Crippen LogP contribution in [0, 0.1) is 0 Å². The van der Waals surface area contributed by atoms with Crippen LogP contribution in [0.1, 0.15) is 12.8 Å². The molecule has 1 saturated heterocycles. The van der Waals surface area contributed by atoms with Gasteiger partial charge in [0.25, 0.3) is 0 Å². The van der Waals surface area contributed by atoms with E-state index in [1.807, 2.05) is 35.2 Å². The Hall–Kier alpha value is -2.30. The summed E-state index contributed by atoms with van der Waals surface area (Å²) < 4.78 is 5.62. The summed E-state index contributed by atoms with van der Waals surface area (Å²) in [4.78, 5) is 17.7. The third-order valence-electron chi connectivity index (χ3n) is 3.47. The predicted octanol–water partition coefficient (Wildman–Crippen LogP) is 1.82. The van der Waals surface area contributed by atoms with E-state index in [4.69, 9.17) is 10.5 Å². The van der Waals surface area contributed by atoms with Crippen molar-refractivity contribution >= 4 is 22.5 Å². The van der Waals surface area contributed by atoms with E-state index in [1.165, 1.54) is 0 Å². The summed E-state index contributed by atoms with van der Waals surface area (Å²) >= 11 is 0. The first-order chi connectivity index (χ1) is 9.72. The lowest BCUT2D eigenvalue weighted by molar-refractivity contribution is -0.128. The van der Waals surface area contributed by atoms with Gasteiger partial charge in [-0.25, -0.2) is 4.98 Å². The minimum absolute atomic E-state index is 0.218. The van der Waals surface area contributed by atoms with Crippen molar-refractivity contribution in [1.29, 1.82) is 0 Å². The van der Waals surface area contributed by atoms with Gasteiger partial charge < -0.3 is 15.4 Å². The maximum atomic E-state index is 11.5. The number of fused-ring (bicyclic) bond motifs is 1. The number of ether oxygens (including phenoxy) is 1. The van der Waals surface area contributed by atoms with Crippen molar-refractivity contribution in [3.05, 3.63) is 30.3 Å². The molecule has 0 radical (unpaired) electrons. The average Bonchev–Trinajstić information content (AvgIpc) is 2.85. The molecule has 1 aromatic carbocycles. The highest BCUT2D eigenvalue weighted by atomic mass is 16.5. The van der Waals surface area contributed by atoms with Crippen LogP contribution in [0.5, 0.6) is 5.88 Å². The average molecular weight is 271 g/mol. The summed E-state index contributed by atoms with van der Waals surface area (Å²) in [6.07, 6.45) is 1.62. The largest absolute Gasteiger partial charge is 0.476 e. The number of hydrogen-bond acceptors (Lipinski definition) is 4. The van der Waals surface area contributed by atoms with Crippen LogP contribution >= 0.6 is 0 Å². The SMILES string of the molecule is Nc1ccc2nc(OCCN3CCCC3=O)ccc2c1. The van der Waals surface area contributed by atoms with E-state index in [0.717, 1.165) is 29.6 Å². The Balaban J connectivity index is 1.63. The molecule has 1 fully saturated rings. The van der Waals surface area contributed by atoms with Gasteiger partial charge in [-0.3, -0.25) is 4.79 Å². The lowest BCUT2D eigenvalue weighted by atomic mass is 10.2. The summed E-state index contributed by atoms with van der Waals surface area (Å²) in [6, 6.07) is 9.35. The van der Waals surface area contributed by atoms with Crippen molar-refractivity contribution in [2.24, 2.45) is 0 Å². The number of rotatable bonds is 4. The van der Waals surface area contributed by atoms with Crippen molar-refractivity contribution < 1.29 is 9.53 Å². The van der Waals surface area contributed by atoms with Gasteiger partial charge in [0.15, 0.2) is 0 Å². The number of benzene rings is 1. The number of amides is 1. The van der Waals surface area contributed by atoms with E-state index in [1.54, 1.807) is 0 Å². The molecule has 2 aromatic rings. The smallest absolute Gasteiger partial charge is 0.222 e. The Labute approximate surface area is 117 Å². The quantitative estimate of drug-likeness (QED) is 0.861. The third kappa shape index (κ3) is 2.66. The molecule has 0 aliphatic carbocycles. The zero-order valence-corrected chi connectivity index (χ0v) is 11.2. The van der Waals surface area contributed by atoms with Crippen LogP contribution < -0.4 is 10.5 Å². The van der Waals surface area contributed by atoms with E-state index in [0.29, 0.717) is 25.5 Å². The minimum Gasteiger partial charge on any atom is -0.476 e. The highest BCUT2D eigenvalue weighted by Crippen LogP contribution is 2.19. The first kappa shape index (κ1) is 12.7. The van der Waals surface area contributed by atoms with Crippen molar-refractivity contribution in [1.82, 2.24) is 9.88 Å². The summed E-state index contributed by atoms with van der Waals surface area (Å²) in [5, 5.41) is 0.993. The Kier molecular flexibility index (Phi) is 3.41. The fourth-order valence-corrected chi connectivity index (χ4v) is 2.41. The van der Waals surface area contributed by atoms with Gasteiger partial charge in [-0.05, 0) is 30.7 Å². The van der Waals surface area contributed by atoms with Gasteiger partial charge in [-0.1, -0.05) is 0 Å². The van der Waals surface area contributed by atoms with Crippen LogP contribution in [-0.2, 0) is 4.79 Å². The molecule has 1 amide bonds. The highest BCUT2D eigenvalue weighted by molar-refractivity contribution is 5.82. The van der Waals surface area contributed by atoms with Crippen molar-refractivity contribution in [3.63, 3.8) is 0 Å². The molecule has 2 N–H and O–H groups in total. The number of anilines is 1. The second-order valence-corrected chi connectivity index (χ2v) is 4.93. The highest BCUT2D eigenvalue weighted by Gasteiger charge is 2.19. The molecule has 0 saturated carbocycles. The second-order valence-electron chi connectivity index (χ2n) is 4.93. The normalized spacial score (nSPS) is 15.0. The van der Waals surface area contributed by atoms with Gasteiger partial charge in [0, 0.05) is 30.1 Å². The number of pyridine rings is 1. The standard InChI is InChI=1S/C15H17N3O2/c16-12-4-5-13-11(10-12)3-6-14(17-13)20-9-8-18-7-1-2-15(18)19/h3-6,10H,1-2,7-9,16H2. The number of nitrogen functional groups attached to an aromatic ring is 1. The molecule has 3 rings (SSSR count). The van der Waals surface area contributed by atoms with E-state index in [-0.39, 0.29) is 5.91 Å². The van der Waals surface area contributed by atoms with Gasteiger partial charge >= 0.3 is 0 Å². The number of nitrogens with zero attached hydrogens (tertiary/aromatic N) is 2. The van der Waals surface area contributed by atoms with Crippen LogP contribution in [0.25, 0.3) is 10.9 Å². The van der Waals surface area contributed by atoms with Crippen LogP contribution in [0.3, 0.4) is 0 Å². The Morgan fingerprint density at radius 3 is 3.00 bits per heavy atom. The molecule has 1 aromatic heterocycles. The molecular formula is C15H17N3O2. The minimum atomic E-state index is 0.218. The summed E-state index contributed by atoms with van der Waals surface area (Å²) in [5.74, 6) is 0.796. The molecule has 20 heavy (non-hydrogen) atoms. The van der Waals surface area contributed by atoms with Crippen molar-refractivity contribution in [2.75, 3.05) is 25.4 Å². The van der Waals surface area contributed by atoms with Crippen LogP contribution in [-0.4, -0.2) is 35.5 Å². The predicted molar refractivity (Wildman–Crippen MR) is 77.5 cm³/mol. The fourth-order valence-electron chi connectivity index (χ4n) is 2.41. The molecule has 104 valence electrons. The number of aromatic nitrogens is 1. The molecule has 0 spiro atoms. The monoisotopic (exact) mass is 271 g/mol. The van der Waals surface area contributed by atoms with Crippen LogP contribution in [0.15, 0.2) is 30.3 Å². The van der Waals surface area contributed by atoms with Gasteiger partial charge in [0.05, 0.1) is 12.1 Å². The topological polar surface area (TPSA) is 68.5 Å². The van der Waals surface area contributed by atoms with E-state index in [2.05, 4.69) is 4.98 Å². The van der Waals surface area contributed by atoms with Crippen LogP contribution in [0.2, 0.25) is 0 Å². The molecule has 0 bridgehead atoms. The fraction of sp³-hybridized carbons (Fsp3) is 0.333. The lowest BCUT2D eigenvalue weighted by Gasteiger charge is -2.15. The molecule has 0 atom stereocenters. The molecule has 5 nitrogen and oxygen atoms in total. The molecule has 1 aliphatic rings. The van der Waals surface area contributed by atoms with Gasteiger partial charge in [0.2, 0.25) is 11.8 Å². The Bertz CT molecular complexity index is 642. The molecular weight excluding hydrogens is 254 g/mol. The van der Waals surface area contributed by atoms with E-state index in [9.17, 15) is 4.79 Å². The molecule has 1 aliphatic heterocycles. The maximum Gasteiger partial charge on any atom is 0.222 e. The zero-order chi connectivity index (χ0) is 13.9. The van der Waals surface area contributed by atoms with Crippen molar-refractivity contribution in [3.8, 4) is 5.88 Å². The van der Waals surface area contributed by atoms with Gasteiger partial charge in [-0.15, -0.1) is 0 Å². The maximum absolute atomic E-state index is 11.5. The second kappa shape index (κ2) is 5.36. The number of hydrogen-bond donors (Lipinski definition) is 1. The first-order valence-corrected chi connectivity index (χ1v) is 6.79. The summed E-state index contributed by atoms with van der Waals surface area (Å²) in [7, 11) is 0. The Morgan fingerprint density at radius 1 is 1.30 bits per heavy atom. The van der Waals surface area contributed by atoms with Crippen LogP contribution in [0.4, 0.5) is 5.69 Å². The first-order valence-electron chi connectivity index (χ1n) is 6.79. The van der Waals surface area contributed by atoms with E-state index < -0.39 is 0 Å². The third-order valence-corrected chi connectivity index (χ3v) is 3.47. The molecule has 2 heterocycles. The molecule has 0 unspecified atom stereocenters. The zero-order valence-electron chi connectivity index (χ0n) is 11.2. The Morgan fingerprint density at radius 2 is 2.20 bits per heavy atom. The van der Waals surface area contributed by atoms with Crippen molar-refractivity contribution in [2.45, 2.75) is 12.8 Å². The number of likely N-dealkylation sites (tertiary alicyclic amines) is 1. The number of nitrogens with two attached hydrogens (primary N) is 1. The van der Waals surface area contributed by atoms with Gasteiger partial charge in [0.1, 0.15) is 6.61 Å². The lowest BCUT2D eigenvalue weighted by Crippen LogP contribution is -2.29. The number of carbonyl (C=O) groups excluding carboxylic acids is 1. The van der Waals surface area contributed by atoms with Gasteiger partial charge in [-0.2, -0.15) is 0 Å². The van der Waals surface area contributed by atoms with E-state index >= 15 is 0 Å². The summed E-state index contributed by atoms with van der Waals surface area (Å²) in [5.41, 5.74) is 7.31.